The van der Waals surface area contributed by atoms with Gasteiger partial charge in [-0.1, -0.05) is 36.2 Å². The molecule has 0 radical (unpaired) electrons. The van der Waals surface area contributed by atoms with Gasteiger partial charge in [-0.2, -0.15) is 0 Å². The van der Waals surface area contributed by atoms with Crippen molar-refractivity contribution < 1.29 is 14.3 Å². The van der Waals surface area contributed by atoms with Gasteiger partial charge in [0.25, 0.3) is 5.91 Å². The van der Waals surface area contributed by atoms with Crippen LogP contribution in [0.15, 0.2) is 48.5 Å². The van der Waals surface area contributed by atoms with E-state index in [0.717, 1.165) is 48.1 Å². The van der Waals surface area contributed by atoms with Crippen LogP contribution in [0.4, 0.5) is 0 Å². The van der Waals surface area contributed by atoms with Crippen LogP contribution in [0.25, 0.3) is 11.0 Å². The fourth-order valence-electron chi connectivity index (χ4n) is 3.28. The van der Waals surface area contributed by atoms with Crippen molar-refractivity contribution in [2.24, 2.45) is 0 Å². The number of aryl methyl sites for hydroxylation is 2. The number of rotatable bonds is 9. The highest BCUT2D eigenvalue weighted by atomic mass is 16.5. The molecule has 0 aliphatic rings. The van der Waals surface area contributed by atoms with Crippen molar-refractivity contribution in [2.75, 3.05) is 13.7 Å². The van der Waals surface area contributed by atoms with Gasteiger partial charge in [0.05, 0.1) is 18.1 Å². The first kappa shape index (κ1) is 20.6. The van der Waals surface area contributed by atoms with Crippen LogP contribution in [-0.2, 0) is 22.5 Å². The molecule has 29 heavy (non-hydrogen) atoms. The highest BCUT2D eigenvalue weighted by Gasteiger charge is 2.13. The van der Waals surface area contributed by atoms with Gasteiger partial charge in [-0.3, -0.25) is 9.59 Å². The zero-order valence-corrected chi connectivity index (χ0v) is 17.0. The van der Waals surface area contributed by atoms with Gasteiger partial charge in [0, 0.05) is 18.5 Å². The number of nitrogens with zero attached hydrogens (tertiary/aromatic N) is 2. The molecule has 0 bridgehead atoms. The lowest BCUT2D eigenvalue weighted by molar-refractivity contribution is -0.141. The number of methoxy groups -OCH3 is 1. The van der Waals surface area contributed by atoms with Crippen molar-refractivity contribution in [3.8, 4) is 0 Å². The Morgan fingerprint density at radius 1 is 1.03 bits per heavy atom. The van der Waals surface area contributed by atoms with Crippen molar-refractivity contribution in [1.29, 1.82) is 0 Å². The minimum atomic E-state index is -0.284. The second-order valence-corrected chi connectivity index (χ2v) is 7.11. The molecule has 2 aromatic carbocycles. The highest BCUT2D eigenvalue weighted by molar-refractivity contribution is 5.94. The van der Waals surface area contributed by atoms with Gasteiger partial charge in [0.15, 0.2) is 0 Å². The fourth-order valence-corrected chi connectivity index (χ4v) is 3.28. The molecular weight excluding hydrogens is 366 g/mol. The van der Waals surface area contributed by atoms with E-state index in [4.69, 9.17) is 4.74 Å². The number of hydrogen-bond donors (Lipinski definition) is 1. The van der Waals surface area contributed by atoms with Crippen molar-refractivity contribution in [3.63, 3.8) is 0 Å². The van der Waals surface area contributed by atoms with Crippen LogP contribution in [-0.4, -0.2) is 35.1 Å². The lowest BCUT2D eigenvalue weighted by Crippen LogP contribution is -2.24. The molecule has 1 amide bonds. The molecule has 1 aromatic heterocycles. The van der Waals surface area contributed by atoms with Crippen molar-refractivity contribution >= 4 is 22.9 Å². The Kier molecular flexibility index (Phi) is 7.00. The second-order valence-electron chi connectivity index (χ2n) is 7.11. The largest absolute Gasteiger partial charge is 0.468 e. The van der Waals surface area contributed by atoms with Gasteiger partial charge >= 0.3 is 5.97 Å². The van der Waals surface area contributed by atoms with Crippen LogP contribution in [0.3, 0.4) is 0 Å². The van der Waals surface area contributed by atoms with Gasteiger partial charge in [-0.05, 0) is 44.0 Å². The average molecular weight is 393 g/mol. The van der Waals surface area contributed by atoms with Crippen molar-refractivity contribution in [2.45, 2.75) is 39.2 Å². The van der Waals surface area contributed by atoms with E-state index in [-0.39, 0.29) is 18.4 Å². The third kappa shape index (κ3) is 5.44. The van der Waals surface area contributed by atoms with Crippen LogP contribution in [0.1, 0.15) is 41.0 Å². The Morgan fingerprint density at radius 2 is 1.79 bits per heavy atom. The number of esters is 1. The summed E-state index contributed by atoms with van der Waals surface area (Å²) in [6.45, 7) is 2.81. The molecule has 0 fully saturated rings. The molecule has 3 aromatic rings. The number of nitrogens with one attached hydrogen (secondary N) is 1. The molecule has 3 rings (SSSR count). The van der Waals surface area contributed by atoms with Crippen LogP contribution in [0.2, 0.25) is 0 Å². The summed E-state index contributed by atoms with van der Waals surface area (Å²) < 4.78 is 6.75. The third-order valence-electron chi connectivity index (χ3n) is 4.92. The smallest absolute Gasteiger partial charge is 0.325 e. The molecule has 0 saturated carbocycles. The molecule has 1 N–H and O–H groups in total. The van der Waals surface area contributed by atoms with Crippen LogP contribution < -0.4 is 5.32 Å². The third-order valence-corrected chi connectivity index (χ3v) is 4.92. The Morgan fingerprint density at radius 3 is 2.55 bits per heavy atom. The first-order valence-electron chi connectivity index (χ1n) is 9.94. The Balaban J connectivity index is 1.48. The van der Waals surface area contributed by atoms with E-state index < -0.39 is 0 Å². The average Bonchev–Trinajstić information content (AvgIpc) is 3.08. The van der Waals surface area contributed by atoms with Gasteiger partial charge < -0.3 is 14.6 Å². The van der Waals surface area contributed by atoms with Gasteiger partial charge in [-0.25, -0.2) is 4.98 Å². The molecule has 6 heteroatoms. The molecular formula is C23H27N3O3. The summed E-state index contributed by atoms with van der Waals surface area (Å²) >= 11 is 0. The van der Waals surface area contributed by atoms with E-state index in [1.54, 1.807) is 0 Å². The monoisotopic (exact) mass is 393 g/mol. The quantitative estimate of drug-likeness (QED) is 0.445. The number of carbonyl (C=O) groups is 2. The SMILES string of the molecule is COC(=O)Cn1c(CCCCCNC(=O)c2ccc(C)cc2)nc2ccccc21. The van der Waals surface area contributed by atoms with Crippen LogP contribution >= 0.6 is 0 Å². The van der Waals surface area contributed by atoms with E-state index >= 15 is 0 Å². The van der Waals surface area contributed by atoms with Crippen molar-refractivity contribution in [3.05, 3.63) is 65.5 Å². The maximum atomic E-state index is 12.1. The van der Waals surface area contributed by atoms with Gasteiger partial charge in [0.2, 0.25) is 0 Å². The highest BCUT2D eigenvalue weighted by Crippen LogP contribution is 2.18. The van der Waals surface area contributed by atoms with Crippen LogP contribution in [0.5, 0.6) is 0 Å². The molecule has 0 spiro atoms. The lowest BCUT2D eigenvalue weighted by atomic mass is 10.1. The number of para-hydroxylation sites is 2. The predicted molar refractivity (Wildman–Crippen MR) is 113 cm³/mol. The fraction of sp³-hybridized carbons (Fsp3) is 0.348. The number of imidazole rings is 1. The van der Waals surface area contributed by atoms with E-state index in [1.165, 1.54) is 7.11 Å². The molecule has 0 unspecified atom stereocenters. The summed E-state index contributed by atoms with van der Waals surface area (Å²) in [6.07, 6.45) is 3.58. The zero-order chi connectivity index (χ0) is 20.6. The van der Waals surface area contributed by atoms with E-state index in [1.807, 2.05) is 60.0 Å². The summed E-state index contributed by atoms with van der Waals surface area (Å²) in [5.74, 6) is 0.568. The van der Waals surface area contributed by atoms with Gasteiger partial charge in [0.1, 0.15) is 12.4 Å². The minimum absolute atomic E-state index is 0.0372. The number of benzene rings is 2. The maximum Gasteiger partial charge on any atom is 0.325 e. The van der Waals surface area contributed by atoms with Crippen LogP contribution in [0, 0.1) is 6.92 Å². The normalized spacial score (nSPS) is 10.8. The summed E-state index contributed by atoms with van der Waals surface area (Å²) in [6, 6.07) is 15.4. The predicted octanol–water partition coefficient (Wildman–Crippen LogP) is 3.66. The second kappa shape index (κ2) is 9.87. The standard InChI is InChI=1S/C23H27N3O3/c1-17-11-13-18(14-12-17)23(28)24-15-7-3-4-10-21-25-19-8-5-6-9-20(19)26(21)16-22(27)29-2/h5-6,8-9,11-14H,3-4,7,10,15-16H2,1-2H3,(H,24,28). The Labute approximate surface area is 170 Å². The molecule has 0 atom stereocenters. The van der Waals surface area contributed by atoms with Gasteiger partial charge in [-0.15, -0.1) is 0 Å². The first-order chi connectivity index (χ1) is 14.1. The molecule has 1 heterocycles. The number of hydrogen-bond acceptors (Lipinski definition) is 4. The summed E-state index contributed by atoms with van der Waals surface area (Å²) in [5, 5.41) is 2.96. The Hall–Kier alpha value is -3.15. The minimum Gasteiger partial charge on any atom is -0.468 e. The number of amides is 1. The first-order valence-corrected chi connectivity index (χ1v) is 9.94. The van der Waals surface area contributed by atoms with E-state index in [0.29, 0.717) is 12.1 Å². The topological polar surface area (TPSA) is 73.2 Å². The maximum absolute atomic E-state index is 12.1. The lowest BCUT2D eigenvalue weighted by Gasteiger charge is -2.08. The number of ether oxygens (including phenoxy) is 1. The molecule has 6 nitrogen and oxygen atoms in total. The van der Waals surface area contributed by atoms with E-state index in [2.05, 4.69) is 10.3 Å². The number of carbonyl (C=O) groups excluding carboxylic acids is 2. The summed E-state index contributed by atoms with van der Waals surface area (Å²) in [5.41, 5.74) is 3.65. The molecule has 152 valence electrons. The number of aromatic nitrogens is 2. The van der Waals surface area contributed by atoms with Crippen molar-refractivity contribution in [1.82, 2.24) is 14.9 Å². The Bertz CT molecular complexity index is 977. The number of fused-ring (bicyclic) bond motifs is 1. The van der Waals surface area contributed by atoms with E-state index in [9.17, 15) is 9.59 Å². The summed E-state index contributed by atoms with van der Waals surface area (Å²) in [4.78, 5) is 28.6. The number of unbranched alkanes of at least 4 members (excludes halogenated alkanes) is 2. The molecule has 0 aliphatic heterocycles. The summed E-state index contributed by atoms with van der Waals surface area (Å²) in [7, 11) is 1.39. The molecule has 0 aliphatic carbocycles. The zero-order valence-electron chi connectivity index (χ0n) is 17.0. The molecule has 0 saturated heterocycles.